The van der Waals surface area contributed by atoms with Gasteiger partial charge in [0.1, 0.15) is 0 Å². The highest BCUT2D eigenvalue weighted by molar-refractivity contribution is 5.80. The third-order valence-electron chi connectivity index (χ3n) is 3.78. The van der Waals surface area contributed by atoms with E-state index in [0.29, 0.717) is 13.0 Å². The van der Waals surface area contributed by atoms with E-state index in [4.69, 9.17) is 4.74 Å². The second-order valence-electron chi connectivity index (χ2n) is 5.41. The first-order valence-electron chi connectivity index (χ1n) is 7.08. The molecule has 1 aliphatic rings. The van der Waals surface area contributed by atoms with Gasteiger partial charge in [0.2, 0.25) is 5.91 Å². The lowest BCUT2D eigenvalue weighted by atomic mass is 9.86. The number of hydrogen-bond donors (Lipinski definition) is 2. The average Bonchev–Trinajstić information content (AvgIpc) is 2.32. The summed E-state index contributed by atoms with van der Waals surface area (Å²) in [5, 5.41) is 12.2. The predicted molar refractivity (Wildman–Crippen MR) is 71.8 cm³/mol. The predicted octanol–water partition coefficient (Wildman–Crippen LogP) is 1.81. The normalized spacial score (nSPS) is 26.0. The first-order valence-corrected chi connectivity index (χ1v) is 7.08. The van der Waals surface area contributed by atoms with E-state index >= 15 is 0 Å². The molecule has 110 valence electrons. The van der Waals surface area contributed by atoms with Crippen LogP contribution in [-0.2, 0) is 14.3 Å². The SMILES string of the molecule is COCC(C)C(=O)NC1CCCCCCC1C(=O)O. The molecule has 0 heterocycles. The molecule has 1 aliphatic carbocycles. The van der Waals surface area contributed by atoms with E-state index < -0.39 is 11.9 Å². The van der Waals surface area contributed by atoms with E-state index in [-0.39, 0.29) is 17.9 Å². The van der Waals surface area contributed by atoms with Crippen LogP contribution in [0.1, 0.15) is 45.4 Å². The Morgan fingerprint density at radius 2 is 1.89 bits per heavy atom. The second-order valence-corrected chi connectivity index (χ2v) is 5.41. The number of methoxy groups -OCH3 is 1. The molecule has 0 saturated heterocycles. The lowest BCUT2D eigenvalue weighted by Crippen LogP contribution is -2.46. The van der Waals surface area contributed by atoms with Crippen molar-refractivity contribution >= 4 is 11.9 Å². The van der Waals surface area contributed by atoms with E-state index in [1.165, 1.54) is 0 Å². The summed E-state index contributed by atoms with van der Waals surface area (Å²) in [5.41, 5.74) is 0. The maximum atomic E-state index is 12.0. The van der Waals surface area contributed by atoms with Gasteiger partial charge in [-0.2, -0.15) is 0 Å². The summed E-state index contributed by atoms with van der Waals surface area (Å²) in [4.78, 5) is 23.3. The van der Waals surface area contributed by atoms with E-state index in [1.807, 2.05) is 0 Å². The minimum absolute atomic E-state index is 0.112. The number of carboxylic acid groups (broad SMARTS) is 1. The fourth-order valence-electron chi connectivity index (χ4n) is 2.60. The zero-order chi connectivity index (χ0) is 14.3. The van der Waals surface area contributed by atoms with Crippen LogP contribution in [0.3, 0.4) is 0 Å². The Balaban J connectivity index is 2.63. The van der Waals surface area contributed by atoms with Crippen molar-refractivity contribution in [2.75, 3.05) is 13.7 Å². The summed E-state index contributed by atoms with van der Waals surface area (Å²) in [7, 11) is 1.56. The molecule has 19 heavy (non-hydrogen) atoms. The molecule has 1 amide bonds. The maximum absolute atomic E-state index is 12.0. The highest BCUT2D eigenvalue weighted by Crippen LogP contribution is 2.23. The Kier molecular flexibility index (Phi) is 6.84. The molecule has 5 heteroatoms. The summed E-state index contributed by atoms with van der Waals surface area (Å²) in [5.74, 6) is -1.62. The number of rotatable bonds is 5. The molecule has 2 N–H and O–H groups in total. The Morgan fingerprint density at radius 3 is 2.47 bits per heavy atom. The van der Waals surface area contributed by atoms with Crippen molar-refractivity contribution in [3.05, 3.63) is 0 Å². The summed E-state index contributed by atoms with van der Waals surface area (Å²) in [6.07, 6.45) is 5.52. The highest BCUT2D eigenvalue weighted by Gasteiger charge is 2.30. The zero-order valence-corrected chi connectivity index (χ0v) is 11.9. The molecule has 1 fully saturated rings. The van der Waals surface area contributed by atoms with Crippen LogP contribution in [-0.4, -0.2) is 36.7 Å². The van der Waals surface area contributed by atoms with Crippen LogP contribution < -0.4 is 5.32 Å². The molecule has 0 bridgehead atoms. The van der Waals surface area contributed by atoms with Gasteiger partial charge in [-0.15, -0.1) is 0 Å². The molecule has 0 spiro atoms. The smallest absolute Gasteiger partial charge is 0.308 e. The van der Waals surface area contributed by atoms with Crippen LogP contribution in [0.25, 0.3) is 0 Å². The molecule has 3 unspecified atom stereocenters. The minimum atomic E-state index is -0.799. The van der Waals surface area contributed by atoms with Gasteiger partial charge in [0.25, 0.3) is 0 Å². The molecule has 0 aromatic heterocycles. The zero-order valence-electron chi connectivity index (χ0n) is 11.9. The topological polar surface area (TPSA) is 75.6 Å². The van der Waals surface area contributed by atoms with Crippen molar-refractivity contribution in [1.29, 1.82) is 0 Å². The van der Waals surface area contributed by atoms with Crippen LogP contribution in [0, 0.1) is 11.8 Å². The summed E-state index contributed by atoms with van der Waals surface area (Å²) in [6.45, 7) is 2.15. The van der Waals surface area contributed by atoms with E-state index in [0.717, 1.165) is 32.1 Å². The standard InChI is InChI=1S/C14H25NO4/c1-10(9-19-2)13(16)15-12-8-6-4-3-5-7-11(12)14(17)18/h10-12H,3-9H2,1-2H3,(H,15,16)(H,17,18). The van der Waals surface area contributed by atoms with Gasteiger partial charge < -0.3 is 15.2 Å². The lowest BCUT2D eigenvalue weighted by molar-refractivity contribution is -0.143. The van der Waals surface area contributed by atoms with E-state index in [9.17, 15) is 14.7 Å². The van der Waals surface area contributed by atoms with Gasteiger partial charge in [-0.3, -0.25) is 9.59 Å². The van der Waals surface area contributed by atoms with Gasteiger partial charge in [-0.05, 0) is 12.8 Å². The van der Waals surface area contributed by atoms with Crippen molar-refractivity contribution in [2.24, 2.45) is 11.8 Å². The number of carbonyl (C=O) groups is 2. The first kappa shape index (κ1) is 16.0. The molecule has 5 nitrogen and oxygen atoms in total. The van der Waals surface area contributed by atoms with Crippen molar-refractivity contribution in [1.82, 2.24) is 5.32 Å². The third kappa shape index (κ3) is 5.19. The largest absolute Gasteiger partial charge is 0.481 e. The average molecular weight is 271 g/mol. The molecule has 3 atom stereocenters. The molecule has 0 aromatic carbocycles. The number of hydrogen-bond acceptors (Lipinski definition) is 3. The number of nitrogens with one attached hydrogen (secondary N) is 1. The summed E-state index contributed by atoms with van der Waals surface area (Å²) in [6, 6.07) is -0.246. The van der Waals surface area contributed by atoms with Gasteiger partial charge >= 0.3 is 5.97 Å². The monoisotopic (exact) mass is 271 g/mol. The van der Waals surface area contributed by atoms with Crippen LogP contribution in [0.15, 0.2) is 0 Å². The van der Waals surface area contributed by atoms with Crippen molar-refractivity contribution < 1.29 is 19.4 Å². The number of ether oxygens (including phenoxy) is 1. The fourth-order valence-corrected chi connectivity index (χ4v) is 2.60. The minimum Gasteiger partial charge on any atom is -0.481 e. The number of aliphatic carboxylic acids is 1. The Hall–Kier alpha value is -1.10. The van der Waals surface area contributed by atoms with Crippen molar-refractivity contribution in [3.63, 3.8) is 0 Å². The molecule has 1 rings (SSSR count). The first-order chi connectivity index (χ1) is 9.06. The fraction of sp³-hybridized carbons (Fsp3) is 0.857. The number of carboxylic acids is 1. The van der Waals surface area contributed by atoms with Crippen LogP contribution in [0.2, 0.25) is 0 Å². The Labute approximate surface area is 114 Å². The van der Waals surface area contributed by atoms with Gasteiger partial charge in [-0.1, -0.05) is 32.6 Å². The van der Waals surface area contributed by atoms with Gasteiger partial charge in [0.05, 0.1) is 18.4 Å². The Morgan fingerprint density at radius 1 is 1.26 bits per heavy atom. The number of amides is 1. The van der Waals surface area contributed by atoms with Gasteiger partial charge in [0.15, 0.2) is 0 Å². The van der Waals surface area contributed by atoms with Crippen LogP contribution in [0.4, 0.5) is 0 Å². The van der Waals surface area contributed by atoms with E-state index in [2.05, 4.69) is 5.32 Å². The van der Waals surface area contributed by atoms with E-state index in [1.54, 1.807) is 14.0 Å². The molecular weight excluding hydrogens is 246 g/mol. The van der Waals surface area contributed by atoms with Gasteiger partial charge in [0, 0.05) is 13.2 Å². The maximum Gasteiger partial charge on any atom is 0.308 e. The van der Waals surface area contributed by atoms with Crippen LogP contribution in [0.5, 0.6) is 0 Å². The second kappa shape index (κ2) is 8.15. The Bertz CT molecular complexity index is 306. The van der Waals surface area contributed by atoms with Crippen molar-refractivity contribution in [3.8, 4) is 0 Å². The molecule has 0 radical (unpaired) electrons. The quantitative estimate of drug-likeness (QED) is 0.799. The molecule has 0 aliphatic heterocycles. The molecular formula is C14H25NO4. The molecule has 0 aromatic rings. The van der Waals surface area contributed by atoms with Gasteiger partial charge in [-0.25, -0.2) is 0 Å². The lowest BCUT2D eigenvalue weighted by Gasteiger charge is -2.28. The summed E-state index contributed by atoms with van der Waals surface area (Å²) >= 11 is 0. The highest BCUT2D eigenvalue weighted by atomic mass is 16.5. The van der Waals surface area contributed by atoms with Crippen LogP contribution >= 0.6 is 0 Å². The van der Waals surface area contributed by atoms with Crippen molar-refractivity contribution in [2.45, 2.75) is 51.5 Å². The number of carbonyl (C=O) groups excluding carboxylic acids is 1. The summed E-state index contributed by atoms with van der Waals surface area (Å²) < 4.78 is 4.96. The third-order valence-corrected chi connectivity index (χ3v) is 3.78. The molecule has 1 saturated carbocycles.